The van der Waals surface area contributed by atoms with Gasteiger partial charge in [0.15, 0.2) is 0 Å². The molecule has 1 saturated carbocycles. The standard InChI is InChI=1S/C13H15ClN2O3/c14-10-3-1-8(2-4-10)9-5-11(6-9)16-13(18)19-12(15)7-17/h1-4,9,11,15,17H,5-7H2,(H,16,18). The first-order chi connectivity index (χ1) is 9.08. The van der Waals surface area contributed by atoms with Gasteiger partial charge < -0.3 is 15.2 Å². The molecule has 0 heterocycles. The zero-order valence-corrected chi connectivity index (χ0v) is 11.0. The minimum atomic E-state index is -0.682. The summed E-state index contributed by atoms with van der Waals surface area (Å²) in [7, 11) is 0. The Morgan fingerprint density at radius 1 is 1.42 bits per heavy atom. The summed E-state index contributed by atoms with van der Waals surface area (Å²) in [5, 5.41) is 19.0. The van der Waals surface area contributed by atoms with E-state index < -0.39 is 18.6 Å². The van der Waals surface area contributed by atoms with E-state index in [1.807, 2.05) is 24.3 Å². The second kappa shape index (κ2) is 6.04. The first-order valence-electron chi connectivity index (χ1n) is 6.00. The smallest absolute Gasteiger partial charge is 0.393 e. The second-order valence-electron chi connectivity index (χ2n) is 4.53. The number of aliphatic hydroxyl groups excluding tert-OH is 1. The number of hydrogen-bond donors (Lipinski definition) is 3. The summed E-state index contributed by atoms with van der Waals surface area (Å²) in [6, 6.07) is 7.74. The van der Waals surface area contributed by atoms with Crippen molar-refractivity contribution in [3.8, 4) is 0 Å². The molecule has 1 amide bonds. The van der Waals surface area contributed by atoms with Crippen LogP contribution in [0.3, 0.4) is 0 Å². The summed E-state index contributed by atoms with van der Waals surface area (Å²) in [6.07, 6.45) is 0.991. The largest absolute Gasteiger partial charge is 0.413 e. The number of benzene rings is 1. The van der Waals surface area contributed by atoms with Gasteiger partial charge in [-0.05, 0) is 36.5 Å². The molecule has 1 aromatic carbocycles. The maximum absolute atomic E-state index is 11.3. The fourth-order valence-corrected chi connectivity index (χ4v) is 2.21. The number of hydrogen-bond acceptors (Lipinski definition) is 4. The number of alkyl carbamates (subject to hydrolysis) is 1. The molecular formula is C13H15ClN2O3. The lowest BCUT2D eigenvalue weighted by Gasteiger charge is -2.35. The molecule has 0 aromatic heterocycles. The van der Waals surface area contributed by atoms with Crippen molar-refractivity contribution in [1.29, 1.82) is 5.41 Å². The Kier molecular flexibility index (Phi) is 4.39. The quantitative estimate of drug-likeness (QED) is 0.587. The third-order valence-corrected chi connectivity index (χ3v) is 3.41. The summed E-state index contributed by atoms with van der Waals surface area (Å²) in [5.74, 6) is -0.0362. The first kappa shape index (κ1) is 13.8. The number of aliphatic hydroxyl groups is 1. The predicted octanol–water partition coefficient (Wildman–Crippen LogP) is 2.28. The molecule has 0 bridgehead atoms. The van der Waals surface area contributed by atoms with Crippen LogP contribution in [0.2, 0.25) is 5.02 Å². The molecule has 0 spiro atoms. The molecule has 2 rings (SSSR count). The van der Waals surface area contributed by atoms with Crippen molar-refractivity contribution in [2.24, 2.45) is 0 Å². The number of nitrogens with one attached hydrogen (secondary N) is 2. The number of rotatable bonds is 3. The van der Waals surface area contributed by atoms with Gasteiger partial charge in [-0.1, -0.05) is 23.7 Å². The molecule has 0 radical (unpaired) electrons. The lowest BCUT2D eigenvalue weighted by Crippen LogP contribution is -2.44. The topological polar surface area (TPSA) is 82.4 Å². The highest BCUT2D eigenvalue weighted by Crippen LogP contribution is 2.37. The molecule has 1 aliphatic carbocycles. The molecule has 5 nitrogen and oxygen atoms in total. The van der Waals surface area contributed by atoms with E-state index in [0.29, 0.717) is 10.9 Å². The van der Waals surface area contributed by atoms with Gasteiger partial charge in [-0.25, -0.2) is 4.79 Å². The van der Waals surface area contributed by atoms with Gasteiger partial charge in [0.2, 0.25) is 5.90 Å². The molecule has 102 valence electrons. The highest BCUT2D eigenvalue weighted by Gasteiger charge is 2.31. The Balaban J connectivity index is 1.76. The van der Waals surface area contributed by atoms with Crippen LogP contribution in [0.1, 0.15) is 24.3 Å². The van der Waals surface area contributed by atoms with Gasteiger partial charge in [-0.3, -0.25) is 5.41 Å². The Hall–Kier alpha value is -1.59. The van der Waals surface area contributed by atoms with Gasteiger partial charge in [-0.2, -0.15) is 0 Å². The minimum absolute atomic E-state index is 0.0553. The minimum Gasteiger partial charge on any atom is -0.393 e. The normalized spacial score (nSPS) is 21.4. The highest BCUT2D eigenvalue weighted by atomic mass is 35.5. The molecule has 0 aliphatic heterocycles. The summed E-state index contributed by atoms with van der Waals surface area (Å²) in [6.45, 7) is -0.578. The molecule has 6 heteroatoms. The van der Waals surface area contributed by atoms with Crippen molar-refractivity contribution in [1.82, 2.24) is 5.32 Å². The van der Waals surface area contributed by atoms with Crippen LogP contribution in [0.5, 0.6) is 0 Å². The van der Waals surface area contributed by atoms with Crippen LogP contribution >= 0.6 is 11.6 Å². The number of halogens is 1. The van der Waals surface area contributed by atoms with Crippen molar-refractivity contribution in [3.05, 3.63) is 34.9 Å². The van der Waals surface area contributed by atoms with E-state index >= 15 is 0 Å². The molecule has 0 atom stereocenters. The third-order valence-electron chi connectivity index (χ3n) is 3.16. The fraction of sp³-hybridized carbons (Fsp3) is 0.385. The first-order valence-corrected chi connectivity index (χ1v) is 6.38. The summed E-state index contributed by atoms with van der Waals surface area (Å²) in [4.78, 5) is 11.3. The Morgan fingerprint density at radius 3 is 2.63 bits per heavy atom. The monoisotopic (exact) mass is 282 g/mol. The van der Waals surface area contributed by atoms with Crippen LogP contribution in [0.25, 0.3) is 0 Å². The highest BCUT2D eigenvalue weighted by molar-refractivity contribution is 6.30. The van der Waals surface area contributed by atoms with Crippen LogP contribution in [0, 0.1) is 5.41 Å². The van der Waals surface area contributed by atoms with Crippen LogP contribution in [-0.2, 0) is 4.74 Å². The number of carbonyl (C=O) groups is 1. The van der Waals surface area contributed by atoms with E-state index in [-0.39, 0.29) is 6.04 Å². The number of carbonyl (C=O) groups excluding carboxylic acids is 1. The Morgan fingerprint density at radius 2 is 2.05 bits per heavy atom. The number of ether oxygens (including phenoxy) is 1. The maximum atomic E-state index is 11.3. The fourth-order valence-electron chi connectivity index (χ4n) is 2.08. The molecule has 1 aliphatic rings. The zero-order chi connectivity index (χ0) is 13.8. The average molecular weight is 283 g/mol. The van der Waals surface area contributed by atoms with Crippen LogP contribution in [0.15, 0.2) is 24.3 Å². The lowest BCUT2D eigenvalue weighted by atomic mass is 9.76. The van der Waals surface area contributed by atoms with Crippen molar-refractivity contribution in [2.45, 2.75) is 24.8 Å². The van der Waals surface area contributed by atoms with Crippen molar-refractivity contribution >= 4 is 23.6 Å². The van der Waals surface area contributed by atoms with E-state index in [1.54, 1.807) is 0 Å². The van der Waals surface area contributed by atoms with Gasteiger partial charge in [0.25, 0.3) is 0 Å². The maximum Gasteiger partial charge on any atom is 0.413 e. The van der Waals surface area contributed by atoms with Gasteiger partial charge in [0.1, 0.15) is 6.61 Å². The Bertz CT molecular complexity index is 469. The van der Waals surface area contributed by atoms with Crippen LogP contribution in [-0.4, -0.2) is 29.7 Å². The molecule has 19 heavy (non-hydrogen) atoms. The van der Waals surface area contributed by atoms with Gasteiger partial charge in [0, 0.05) is 11.1 Å². The van der Waals surface area contributed by atoms with Crippen LogP contribution in [0.4, 0.5) is 4.79 Å². The third kappa shape index (κ3) is 3.68. The molecular weight excluding hydrogens is 268 g/mol. The Labute approximate surface area is 116 Å². The zero-order valence-electron chi connectivity index (χ0n) is 10.2. The molecule has 1 aromatic rings. The molecule has 3 N–H and O–H groups in total. The predicted molar refractivity (Wildman–Crippen MR) is 71.6 cm³/mol. The van der Waals surface area contributed by atoms with Gasteiger partial charge in [0.05, 0.1) is 0 Å². The SMILES string of the molecule is N=C(CO)OC(=O)NC1CC(c2ccc(Cl)cc2)C1. The lowest BCUT2D eigenvalue weighted by molar-refractivity contribution is 0.175. The second-order valence-corrected chi connectivity index (χ2v) is 4.97. The van der Waals surface area contributed by atoms with E-state index in [1.165, 1.54) is 5.56 Å². The molecule has 1 fully saturated rings. The summed E-state index contributed by atoms with van der Waals surface area (Å²) >= 11 is 5.82. The van der Waals surface area contributed by atoms with Crippen molar-refractivity contribution < 1.29 is 14.6 Å². The summed E-state index contributed by atoms with van der Waals surface area (Å²) in [5.41, 5.74) is 1.21. The molecule has 0 saturated heterocycles. The van der Waals surface area contributed by atoms with E-state index in [9.17, 15) is 4.79 Å². The summed E-state index contributed by atoms with van der Waals surface area (Å²) < 4.78 is 4.53. The van der Waals surface area contributed by atoms with E-state index in [0.717, 1.165) is 12.8 Å². The van der Waals surface area contributed by atoms with Gasteiger partial charge in [-0.15, -0.1) is 0 Å². The van der Waals surface area contributed by atoms with E-state index in [2.05, 4.69) is 10.1 Å². The molecule has 0 unspecified atom stereocenters. The van der Waals surface area contributed by atoms with E-state index in [4.69, 9.17) is 22.1 Å². The van der Waals surface area contributed by atoms with Crippen molar-refractivity contribution in [3.63, 3.8) is 0 Å². The number of amides is 1. The van der Waals surface area contributed by atoms with Crippen molar-refractivity contribution in [2.75, 3.05) is 6.61 Å². The average Bonchev–Trinajstić information content (AvgIpc) is 2.34. The van der Waals surface area contributed by atoms with Crippen LogP contribution < -0.4 is 5.32 Å². The van der Waals surface area contributed by atoms with Gasteiger partial charge >= 0.3 is 6.09 Å².